The first-order valence-electron chi connectivity index (χ1n) is 14.9. The summed E-state index contributed by atoms with van der Waals surface area (Å²) in [4.78, 5) is 18.7. The van der Waals surface area contributed by atoms with Gasteiger partial charge in [0.25, 0.3) is 0 Å². The van der Waals surface area contributed by atoms with Gasteiger partial charge in [0.2, 0.25) is 0 Å². The number of halogens is 2. The molecule has 0 bridgehead atoms. The number of hydrogen-bond donors (Lipinski definition) is 1. The maximum absolute atomic E-state index is 16.8. The van der Waals surface area contributed by atoms with Crippen LogP contribution in [0.25, 0.3) is 32.9 Å². The van der Waals surface area contributed by atoms with Gasteiger partial charge in [0, 0.05) is 36.6 Å². The minimum Gasteiger partial charge on any atom is -0.508 e. The van der Waals surface area contributed by atoms with Crippen LogP contribution < -0.4 is 9.64 Å². The van der Waals surface area contributed by atoms with Crippen LogP contribution in [0.5, 0.6) is 11.8 Å². The highest BCUT2D eigenvalue weighted by Crippen LogP contribution is 2.42. The van der Waals surface area contributed by atoms with Crippen LogP contribution in [0, 0.1) is 24.0 Å². The normalized spacial score (nSPS) is 21.3. The number of nitrogens with zero attached hydrogens (tertiary/aromatic N) is 5. The summed E-state index contributed by atoms with van der Waals surface area (Å²) in [5.74, 6) is 1.55. The highest BCUT2D eigenvalue weighted by Gasteiger charge is 2.34. The Morgan fingerprint density at radius 1 is 1.12 bits per heavy atom. The second-order valence-corrected chi connectivity index (χ2v) is 11.8. The number of rotatable bonds is 5. The van der Waals surface area contributed by atoms with Gasteiger partial charge < -0.3 is 19.5 Å². The molecule has 0 amide bonds. The zero-order valence-corrected chi connectivity index (χ0v) is 24.2. The molecule has 1 N–H and O–H groups in total. The lowest BCUT2D eigenvalue weighted by Crippen LogP contribution is -2.44. The molecule has 3 aliphatic heterocycles. The lowest BCUT2D eigenvalue weighted by atomic mass is 9.94. The monoisotopic (exact) mass is 585 g/mol. The predicted octanol–water partition coefficient (Wildman–Crippen LogP) is 5.21. The second kappa shape index (κ2) is 10.9. The molecule has 1 unspecified atom stereocenters. The van der Waals surface area contributed by atoms with Gasteiger partial charge >= 0.3 is 6.01 Å². The van der Waals surface area contributed by atoms with Gasteiger partial charge in [-0.15, -0.1) is 6.42 Å². The van der Waals surface area contributed by atoms with Crippen LogP contribution in [0.1, 0.15) is 43.9 Å². The Morgan fingerprint density at radius 2 is 1.98 bits per heavy atom. The molecule has 0 saturated carbocycles. The quantitative estimate of drug-likeness (QED) is 0.320. The van der Waals surface area contributed by atoms with Gasteiger partial charge in [-0.3, -0.25) is 4.90 Å². The van der Waals surface area contributed by atoms with E-state index in [1.54, 1.807) is 0 Å². The van der Waals surface area contributed by atoms with Crippen LogP contribution in [0.15, 0.2) is 24.3 Å². The molecule has 7 rings (SSSR count). The Morgan fingerprint density at radius 3 is 2.72 bits per heavy atom. The first-order chi connectivity index (χ1) is 20.8. The van der Waals surface area contributed by atoms with Gasteiger partial charge in [0.15, 0.2) is 5.82 Å². The van der Waals surface area contributed by atoms with E-state index in [1.165, 1.54) is 24.3 Å². The molecule has 0 spiro atoms. The lowest BCUT2D eigenvalue weighted by molar-refractivity contribution is 0.0788. The van der Waals surface area contributed by atoms with E-state index < -0.39 is 11.6 Å². The summed E-state index contributed by atoms with van der Waals surface area (Å²) in [6.45, 7) is 4.87. The fraction of sp³-hybridized carbons (Fsp3) is 0.424. The molecule has 4 aromatic rings. The predicted molar refractivity (Wildman–Crippen MR) is 160 cm³/mol. The summed E-state index contributed by atoms with van der Waals surface area (Å²) in [5, 5.41) is 11.9. The number of fused-ring (bicyclic) bond motifs is 1. The van der Waals surface area contributed by atoms with Gasteiger partial charge in [-0.25, -0.2) is 13.8 Å². The van der Waals surface area contributed by atoms with Gasteiger partial charge in [0.05, 0.1) is 29.3 Å². The molecule has 2 saturated heterocycles. The number of likely N-dealkylation sites (N-methyl/N-ethyl adjacent to an activating group) is 1. The summed E-state index contributed by atoms with van der Waals surface area (Å²) in [5.41, 5.74) is 0.819. The van der Waals surface area contributed by atoms with E-state index in [-0.39, 0.29) is 52.3 Å². The molecule has 222 valence electrons. The molecule has 5 heterocycles. The zero-order valence-electron chi connectivity index (χ0n) is 24.2. The molecular weight excluding hydrogens is 552 g/mol. The van der Waals surface area contributed by atoms with Crippen LogP contribution in [-0.2, 0) is 11.2 Å². The van der Waals surface area contributed by atoms with Gasteiger partial charge in [-0.1, -0.05) is 12.0 Å². The van der Waals surface area contributed by atoms with Crippen molar-refractivity contribution in [3.05, 3.63) is 47.2 Å². The SMILES string of the molecule is C#Cc1c(F)ccc2cc(O)cc(-c3nc4c5c(nc(O[C@@H](C)[C@@H]6CCCN6C)nc5c3F)N(C3CCCOC3)CC4)c12. The molecule has 2 aromatic heterocycles. The molecule has 0 radical (unpaired) electrons. The average Bonchev–Trinajstić information content (AvgIpc) is 3.45. The number of pyridine rings is 1. The minimum atomic E-state index is -0.709. The van der Waals surface area contributed by atoms with Crippen molar-refractivity contribution in [1.82, 2.24) is 19.9 Å². The number of benzene rings is 2. The van der Waals surface area contributed by atoms with Crippen molar-refractivity contribution >= 4 is 27.5 Å². The smallest absolute Gasteiger partial charge is 0.319 e. The van der Waals surface area contributed by atoms with E-state index in [4.69, 9.17) is 25.9 Å². The lowest BCUT2D eigenvalue weighted by Gasteiger charge is -2.38. The number of terminal acetylenes is 1. The molecule has 8 nitrogen and oxygen atoms in total. The highest BCUT2D eigenvalue weighted by atomic mass is 19.1. The molecule has 2 aromatic carbocycles. The van der Waals surface area contributed by atoms with E-state index in [1.807, 2.05) is 6.92 Å². The molecular formula is C33H33F2N5O3. The minimum absolute atomic E-state index is 0.0205. The van der Waals surface area contributed by atoms with Crippen molar-refractivity contribution in [3.8, 4) is 35.4 Å². The summed E-state index contributed by atoms with van der Waals surface area (Å²) < 4.78 is 43.8. The summed E-state index contributed by atoms with van der Waals surface area (Å²) in [6, 6.07) is 5.97. The number of anilines is 1. The van der Waals surface area contributed by atoms with Gasteiger partial charge in [-0.05, 0) is 69.8 Å². The van der Waals surface area contributed by atoms with Crippen LogP contribution in [0.4, 0.5) is 14.6 Å². The number of likely N-dealkylation sites (tertiary alicyclic amines) is 1. The molecule has 3 aliphatic rings. The molecule has 2 fully saturated rings. The number of aromatic nitrogens is 3. The highest BCUT2D eigenvalue weighted by molar-refractivity contribution is 6.03. The second-order valence-electron chi connectivity index (χ2n) is 11.8. The molecule has 43 heavy (non-hydrogen) atoms. The topological polar surface area (TPSA) is 83.8 Å². The van der Waals surface area contributed by atoms with E-state index in [9.17, 15) is 9.50 Å². The summed E-state index contributed by atoms with van der Waals surface area (Å²) >= 11 is 0. The fourth-order valence-corrected chi connectivity index (χ4v) is 7.01. The average molecular weight is 586 g/mol. The van der Waals surface area contributed by atoms with E-state index >= 15 is 4.39 Å². The third kappa shape index (κ3) is 4.71. The van der Waals surface area contributed by atoms with Crippen LogP contribution in [-0.4, -0.2) is 76.5 Å². The van der Waals surface area contributed by atoms with E-state index in [2.05, 4.69) is 27.8 Å². The third-order valence-corrected chi connectivity index (χ3v) is 9.12. The van der Waals surface area contributed by atoms with Gasteiger partial charge in [0.1, 0.15) is 34.7 Å². The van der Waals surface area contributed by atoms with Crippen LogP contribution in [0.3, 0.4) is 0 Å². The largest absolute Gasteiger partial charge is 0.508 e. The van der Waals surface area contributed by atoms with Crippen molar-refractivity contribution < 1.29 is 23.4 Å². The third-order valence-electron chi connectivity index (χ3n) is 9.12. The van der Waals surface area contributed by atoms with Gasteiger partial charge in [-0.2, -0.15) is 9.97 Å². The number of ether oxygens (including phenoxy) is 2. The standard InChI is InChI=1S/C33H33F2N5O3/c1-4-22-24(34)10-9-19-15-21(41)16-23(27(19)22)30-29(35)31-28-25(36-30)11-13-40(20-7-6-14-42-17-20)32(28)38-33(37-31)43-18(2)26-8-5-12-39(26)3/h1,9-10,15-16,18,20,26,41H,5-8,11-14,17H2,2-3H3/t18-,20?,26-/m0/s1. The van der Waals surface area contributed by atoms with Crippen molar-refractivity contribution in [2.75, 3.05) is 38.3 Å². The number of aromatic hydroxyl groups is 1. The summed E-state index contributed by atoms with van der Waals surface area (Å²) in [7, 11) is 2.07. The van der Waals surface area contributed by atoms with E-state index in [0.29, 0.717) is 47.2 Å². The molecule has 3 atom stereocenters. The Hall–Kier alpha value is -4.07. The zero-order chi connectivity index (χ0) is 29.8. The van der Waals surface area contributed by atoms with Crippen LogP contribution in [0.2, 0.25) is 0 Å². The number of phenols is 1. The molecule has 10 heteroatoms. The Labute approximate surface area is 248 Å². The van der Waals surface area contributed by atoms with E-state index in [0.717, 1.165) is 38.8 Å². The molecule has 0 aliphatic carbocycles. The first kappa shape index (κ1) is 27.7. The number of phenolic OH excluding ortho intramolecular Hbond substituents is 1. The first-order valence-corrected chi connectivity index (χ1v) is 14.9. The maximum Gasteiger partial charge on any atom is 0.319 e. The van der Waals surface area contributed by atoms with Crippen molar-refractivity contribution in [2.45, 2.75) is 57.2 Å². The maximum atomic E-state index is 16.8. The van der Waals surface area contributed by atoms with Crippen molar-refractivity contribution in [3.63, 3.8) is 0 Å². The Kier molecular flexibility index (Phi) is 7.02. The number of hydrogen-bond acceptors (Lipinski definition) is 8. The Balaban J connectivity index is 1.45. The summed E-state index contributed by atoms with van der Waals surface area (Å²) in [6.07, 6.45) is 9.96. The Bertz CT molecular complexity index is 1790. The fourth-order valence-electron chi connectivity index (χ4n) is 7.01. The van der Waals surface area contributed by atoms with Crippen molar-refractivity contribution in [1.29, 1.82) is 0 Å². The van der Waals surface area contributed by atoms with Crippen molar-refractivity contribution in [2.24, 2.45) is 0 Å². The van der Waals surface area contributed by atoms with Crippen LogP contribution >= 0.6 is 0 Å².